The van der Waals surface area contributed by atoms with Gasteiger partial charge in [0.15, 0.2) is 0 Å². The van der Waals surface area contributed by atoms with Crippen LogP contribution in [0, 0.1) is 0 Å². The third kappa shape index (κ3) is 3.96. The van der Waals surface area contributed by atoms with Crippen molar-refractivity contribution < 1.29 is 19.1 Å². The molecule has 0 atom stereocenters. The van der Waals surface area contributed by atoms with Crippen molar-refractivity contribution in [2.24, 2.45) is 0 Å². The van der Waals surface area contributed by atoms with E-state index in [-0.39, 0.29) is 12.5 Å². The number of rotatable bonds is 5. The van der Waals surface area contributed by atoms with Gasteiger partial charge in [-0.15, -0.1) is 12.6 Å². The second-order valence-corrected chi connectivity index (χ2v) is 3.28. The molecular weight excluding hydrogens is 240 g/mol. The van der Waals surface area contributed by atoms with Gasteiger partial charge < -0.3 is 9.47 Å². The van der Waals surface area contributed by atoms with Crippen molar-refractivity contribution >= 4 is 24.6 Å². The highest BCUT2D eigenvalue weighted by Gasteiger charge is 2.09. The van der Waals surface area contributed by atoms with E-state index in [1.54, 1.807) is 0 Å². The Morgan fingerprint density at radius 1 is 1.12 bits per heavy atom. The van der Waals surface area contributed by atoms with E-state index in [0.717, 1.165) is 0 Å². The van der Waals surface area contributed by atoms with Crippen LogP contribution in [0.1, 0.15) is 20.7 Å². The summed E-state index contributed by atoms with van der Waals surface area (Å²) in [7, 11) is 0. The average Bonchev–Trinajstić information content (AvgIpc) is 2.36. The molecule has 0 aliphatic rings. The molecule has 5 heteroatoms. The number of thiol groups is 1. The van der Waals surface area contributed by atoms with E-state index < -0.39 is 11.9 Å². The Balaban J connectivity index is 2.70. The molecule has 0 unspecified atom stereocenters. The van der Waals surface area contributed by atoms with Crippen LogP contribution in [-0.4, -0.2) is 24.5 Å². The van der Waals surface area contributed by atoms with E-state index in [1.165, 1.54) is 30.3 Å². The Hall–Kier alpha value is -1.75. The molecule has 0 aliphatic heterocycles. The highest BCUT2D eigenvalue weighted by Crippen LogP contribution is 2.07. The van der Waals surface area contributed by atoms with Crippen LogP contribution in [0.25, 0.3) is 0 Å². The molecule has 0 amide bonds. The fourth-order valence-electron chi connectivity index (χ4n) is 1.10. The molecule has 0 saturated heterocycles. The van der Waals surface area contributed by atoms with Crippen LogP contribution in [0.5, 0.6) is 0 Å². The molecule has 0 bridgehead atoms. The van der Waals surface area contributed by atoms with Gasteiger partial charge in [-0.2, -0.15) is 0 Å². The lowest BCUT2D eigenvalue weighted by Gasteiger charge is -2.03. The molecule has 0 radical (unpaired) electrons. The van der Waals surface area contributed by atoms with Crippen LogP contribution < -0.4 is 0 Å². The summed E-state index contributed by atoms with van der Waals surface area (Å²) in [6, 6.07) is 5.99. The minimum atomic E-state index is -0.481. The Morgan fingerprint density at radius 2 is 1.59 bits per heavy atom. The van der Waals surface area contributed by atoms with E-state index in [0.29, 0.717) is 11.1 Å². The highest BCUT2D eigenvalue weighted by molar-refractivity contribution is 7.80. The molecule has 0 aromatic heterocycles. The quantitative estimate of drug-likeness (QED) is 0.377. The van der Waals surface area contributed by atoms with E-state index >= 15 is 0 Å². The van der Waals surface area contributed by atoms with Crippen molar-refractivity contribution in [3.63, 3.8) is 0 Å². The first-order valence-electron chi connectivity index (χ1n) is 4.85. The first-order chi connectivity index (χ1) is 8.19. The molecule has 0 heterocycles. The number of benzene rings is 1. The molecule has 4 nitrogen and oxygen atoms in total. The minimum absolute atomic E-state index is 0.0158. The summed E-state index contributed by atoms with van der Waals surface area (Å²) in [5.41, 5.74) is 0.730. The zero-order valence-corrected chi connectivity index (χ0v) is 9.98. The van der Waals surface area contributed by atoms with Gasteiger partial charge in [0.1, 0.15) is 12.5 Å². The maximum absolute atomic E-state index is 11.4. The predicted molar refractivity (Wildman–Crippen MR) is 66.2 cm³/mol. The Labute approximate surface area is 105 Å². The van der Waals surface area contributed by atoms with Crippen LogP contribution in [-0.2, 0) is 9.47 Å². The van der Waals surface area contributed by atoms with Gasteiger partial charge in [0.05, 0.1) is 11.1 Å². The van der Waals surface area contributed by atoms with Crippen molar-refractivity contribution in [3.8, 4) is 0 Å². The summed E-state index contributed by atoms with van der Waals surface area (Å²) in [6.45, 7) is 3.59. The molecule has 90 valence electrons. The van der Waals surface area contributed by atoms with Crippen LogP contribution in [0.15, 0.2) is 36.9 Å². The van der Waals surface area contributed by atoms with Crippen molar-refractivity contribution in [2.45, 2.75) is 0 Å². The minimum Gasteiger partial charge on any atom is -0.458 e. The van der Waals surface area contributed by atoms with E-state index in [4.69, 9.17) is 4.74 Å². The van der Waals surface area contributed by atoms with Gasteiger partial charge in [0.2, 0.25) is 0 Å². The monoisotopic (exact) mass is 252 g/mol. The topological polar surface area (TPSA) is 52.6 Å². The maximum atomic E-state index is 11.4. The number of ether oxygens (including phenoxy) is 2. The summed E-state index contributed by atoms with van der Waals surface area (Å²) in [4.78, 5) is 22.7. The summed E-state index contributed by atoms with van der Waals surface area (Å²) < 4.78 is 9.53. The molecule has 1 aromatic carbocycles. The van der Waals surface area contributed by atoms with Gasteiger partial charge in [-0.3, -0.25) is 0 Å². The number of hydrogen-bond acceptors (Lipinski definition) is 5. The molecular formula is C12H12O4S. The van der Waals surface area contributed by atoms with E-state index in [2.05, 4.69) is 23.9 Å². The average molecular weight is 252 g/mol. The fraction of sp³-hybridized carbons (Fsp3) is 0.167. The number of hydrogen-bond donors (Lipinski definition) is 1. The zero-order valence-electron chi connectivity index (χ0n) is 9.09. The van der Waals surface area contributed by atoms with Gasteiger partial charge >= 0.3 is 11.9 Å². The maximum Gasteiger partial charge on any atom is 0.338 e. The SMILES string of the molecule is C=CCOC(=O)c1ccc(C(=O)OCS)cc1. The van der Waals surface area contributed by atoms with Gasteiger partial charge in [-0.1, -0.05) is 12.7 Å². The smallest absolute Gasteiger partial charge is 0.338 e. The van der Waals surface area contributed by atoms with E-state index in [1.807, 2.05) is 0 Å². The van der Waals surface area contributed by atoms with Gasteiger partial charge in [0, 0.05) is 0 Å². The summed E-state index contributed by atoms with van der Waals surface area (Å²) in [5, 5.41) is 0. The number of carbonyl (C=O) groups excluding carboxylic acids is 2. The normalized spacial score (nSPS) is 9.47. The standard InChI is InChI=1S/C12H12O4S/c1-2-7-15-11(13)9-3-5-10(6-4-9)12(14)16-8-17/h2-6,17H,1,7-8H2. The molecule has 1 aromatic rings. The van der Waals surface area contributed by atoms with Gasteiger partial charge in [0.25, 0.3) is 0 Å². The van der Waals surface area contributed by atoms with Crippen LogP contribution in [0.2, 0.25) is 0 Å². The molecule has 0 spiro atoms. The lowest BCUT2D eigenvalue weighted by molar-refractivity contribution is 0.0544. The van der Waals surface area contributed by atoms with Crippen LogP contribution in [0.4, 0.5) is 0 Å². The molecule has 0 fully saturated rings. The van der Waals surface area contributed by atoms with Crippen molar-refractivity contribution in [3.05, 3.63) is 48.0 Å². The number of carbonyl (C=O) groups is 2. The van der Waals surface area contributed by atoms with Crippen molar-refractivity contribution in [2.75, 3.05) is 12.5 Å². The summed E-state index contributed by atoms with van der Waals surface area (Å²) >= 11 is 3.78. The Kier molecular flexibility index (Phi) is 5.29. The largest absolute Gasteiger partial charge is 0.458 e. The van der Waals surface area contributed by atoms with Gasteiger partial charge in [-0.25, -0.2) is 9.59 Å². The van der Waals surface area contributed by atoms with Crippen LogP contribution >= 0.6 is 12.6 Å². The Bertz CT molecular complexity index is 411. The summed E-state index contributed by atoms with van der Waals surface area (Å²) in [6.07, 6.45) is 1.48. The second kappa shape index (κ2) is 6.75. The second-order valence-electron chi connectivity index (χ2n) is 3.03. The van der Waals surface area contributed by atoms with E-state index in [9.17, 15) is 9.59 Å². The first kappa shape index (κ1) is 13.3. The lowest BCUT2D eigenvalue weighted by Crippen LogP contribution is -2.07. The zero-order chi connectivity index (χ0) is 12.7. The molecule has 1 rings (SSSR count). The predicted octanol–water partition coefficient (Wildman–Crippen LogP) is 2.07. The fourth-order valence-corrected chi connectivity index (χ4v) is 1.22. The summed E-state index contributed by atoms with van der Waals surface area (Å²) in [5.74, 6) is -0.924. The third-order valence-corrected chi connectivity index (χ3v) is 2.01. The molecule has 17 heavy (non-hydrogen) atoms. The molecule has 0 aliphatic carbocycles. The number of esters is 2. The third-order valence-electron chi connectivity index (χ3n) is 1.88. The lowest BCUT2D eigenvalue weighted by atomic mass is 10.1. The molecule has 0 saturated carbocycles. The van der Waals surface area contributed by atoms with Gasteiger partial charge in [-0.05, 0) is 24.3 Å². The van der Waals surface area contributed by atoms with Crippen LogP contribution in [0.3, 0.4) is 0 Å². The Morgan fingerprint density at radius 3 is 2.00 bits per heavy atom. The van der Waals surface area contributed by atoms with Crippen molar-refractivity contribution in [1.82, 2.24) is 0 Å². The molecule has 0 N–H and O–H groups in total. The van der Waals surface area contributed by atoms with Crippen molar-refractivity contribution in [1.29, 1.82) is 0 Å². The first-order valence-corrected chi connectivity index (χ1v) is 5.48. The highest BCUT2D eigenvalue weighted by atomic mass is 32.1.